The van der Waals surface area contributed by atoms with Crippen molar-refractivity contribution in [1.29, 1.82) is 0 Å². The summed E-state index contributed by atoms with van der Waals surface area (Å²) in [7, 11) is 1.42. The van der Waals surface area contributed by atoms with E-state index in [4.69, 9.17) is 21.1 Å². The highest BCUT2D eigenvalue weighted by Crippen LogP contribution is 2.30. The second-order valence-electron chi connectivity index (χ2n) is 3.22. The molecular formula is C11H7BrClFN2O2. The minimum Gasteiger partial charge on any atom is -0.467 e. The average molecular weight is 334 g/mol. The lowest BCUT2D eigenvalue weighted by Crippen LogP contribution is -1.95. The van der Waals surface area contributed by atoms with Crippen molar-refractivity contribution in [2.75, 3.05) is 7.11 Å². The summed E-state index contributed by atoms with van der Waals surface area (Å²) in [5, 5.41) is 0.205. The first kappa shape index (κ1) is 13.0. The van der Waals surface area contributed by atoms with E-state index in [9.17, 15) is 4.39 Å². The summed E-state index contributed by atoms with van der Waals surface area (Å²) in [6, 6.07) is 4.24. The molecule has 0 radical (unpaired) electrons. The predicted molar refractivity (Wildman–Crippen MR) is 67.8 cm³/mol. The van der Waals surface area contributed by atoms with Gasteiger partial charge in [-0.25, -0.2) is 9.37 Å². The maximum Gasteiger partial charge on any atom is 0.319 e. The maximum atomic E-state index is 13.2. The average Bonchev–Trinajstić information content (AvgIpc) is 2.30. The lowest BCUT2D eigenvalue weighted by Gasteiger charge is -2.07. The third-order valence-corrected chi connectivity index (χ3v) is 2.64. The summed E-state index contributed by atoms with van der Waals surface area (Å²) in [5.74, 6) is -0.0675. The molecule has 1 aromatic heterocycles. The molecule has 0 N–H and O–H groups in total. The summed E-state index contributed by atoms with van der Waals surface area (Å²) in [6.07, 6.45) is 1.34. The number of rotatable bonds is 3. The Morgan fingerprint density at radius 3 is 2.78 bits per heavy atom. The minimum absolute atomic E-state index is 0.0982. The zero-order chi connectivity index (χ0) is 13.1. The first-order valence-corrected chi connectivity index (χ1v) is 5.96. The zero-order valence-corrected chi connectivity index (χ0v) is 11.5. The lowest BCUT2D eigenvalue weighted by molar-refractivity contribution is 0.366. The van der Waals surface area contributed by atoms with Gasteiger partial charge in [-0.2, -0.15) is 4.98 Å². The highest BCUT2D eigenvalue weighted by atomic mass is 79.9. The number of benzene rings is 1. The van der Waals surface area contributed by atoms with Gasteiger partial charge in [-0.15, -0.1) is 0 Å². The predicted octanol–water partition coefficient (Wildman–Crippen LogP) is 3.83. The highest BCUT2D eigenvalue weighted by Gasteiger charge is 2.09. The Labute approximate surface area is 116 Å². The Morgan fingerprint density at radius 2 is 2.11 bits per heavy atom. The van der Waals surface area contributed by atoms with E-state index in [0.29, 0.717) is 4.47 Å². The number of nitrogens with zero attached hydrogens (tertiary/aromatic N) is 2. The van der Waals surface area contributed by atoms with Gasteiger partial charge in [0.25, 0.3) is 0 Å². The van der Waals surface area contributed by atoms with E-state index >= 15 is 0 Å². The van der Waals surface area contributed by atoms with Crippen molar-refractivity contribution in [3.05, 3.63) is 39.7 Å². The molecule has 0 aliphatic rings. The van der Waals surface area contributed by atoms with Crippen molar-refractivity contribution in [2.45, 2.75) is 0 Å². The molecule has 1 heterocycles. The van der Waals surface area contributed by atoms with Crippen LogP contribution in [0.2, 0.25) is 5.02 Å². The third-order valence-electron chi connectivity index (χ3n) is 1.92. The Bertz CT molecular complexity index is 563. The van der Waals surface area contributed by atoms with E-state index in [2.05, 4.69) is 25.9 Å². The van der Waals surface area contributed by atoms with Crippen molar-refractivity contribution < 1.29 is 13.9 Å². The SMILES string of the molecule is COc1ncc(Cl)c(Oc2cc(F)cc(Br)c2)n1. The van der Waals surface area contributed by atoms with E-state index in [1.54, 1.807) is 6.07 Å². The molecule has 0 aliphatic carbocycles. The Morgan fingerprint density at radius 1 is 1.33 bits per heavy atom. The number of halogens is 3. The number of hydrogen-bond acceptors (Lipinski definition) is 4. The molecule has 0 bridgehead atoms. The van der Waals surface area contributed by atoms with Crippen molar-refractivity contribution in [3.63, 3.8) is 0 Å². The van der Waals surface area contributed by atoms with Gasteiger partial charge in [-0.05, 0) is 12.1 Å². The van der Waals surface area contributed by atoms with Crippen molar-refractivity contribution in [1.82, 2.24) is 9.97 Å². The van der Waals surface area contributed by atoms with Gasteiger partial charge in [0.05, 0.1) is 13.3 Å². The minimum atomic E-state index is -0.434. The van der Waals surface area contributed by atoms with Crippen LogP contribution in [0.5, 0.6) is 17.6 Å². The van der Waals surface area contributed by atoms with Gasteiger partial charge in [0.2, 0.25) is 5.88 Å². The van der Waals surface area contributed by atoms with Crippen molar-refractivity contribution in [3.8, 4) is 17.6 Å². The highest BCUT2D eigenvalue weighted by molar-refractivity contribution is 9.10. The van der Waals surface area contributed by atoms with Crippen LogP contribution in [0, 0.1) is 5.82 Å². The van der Waals surface area contributed by atoms with Crippen LogP contribution in [0.4, 0.5) is 4.39 Å². The van der Waals surface area contributed by atoms with Crippen LogP contribution >= 0.6 is 27.5 Å². The van der Waals surface area contributed by atoms with Crippen LogP contribution in [-0.4, -0.2) is 17.1 Å². The van der Waals surface area contributed by atoms with Gasteiger partial charge in [0, 0.05) is 10.5 Å². The van der Waals surface area contributed by atoms with E-state index in [1.165, 1.54) is 25.4 Å². The van der Waals surface area contributed by atoms with Crippen LogP contribution in [0.25, 0.3) is 0 Å². The third kappa shape index (κ3) is 3.08. The largest absolute Gasteiger partial charge is 0.467 e. The van der Waals surface area contributed by atoms with Gasteiger partial charge < -0.3 is 9.47 Å². The van der Waals surface area contributed by atoms with Crippen LogP contribution in [0.15, 0.2) is 28.9 Å². The van der Waals surface area contributed by atoms with Crippen LogP contribution in [0.3, 0.4) is 0 Å². The summed E-state index contributed by atoms with van der Waals surface area (Å²) >= 11 is 9.03. The molecule has 0 saturated carbocycles. The van der Waals surface area contributed by atoms with E-state index in [0.717, 1.165) is 0 Å². The molecule has 0 fully saturated rings. The molecule has 94 valence electrons. The monoisotopic (exact) mass is 332 g/mol. The number of methoxy groups -OCH3 is 1. The molecule has 7 heteroatoms. The lowest BCUT2D eigenvalue weighted by atomic mass is 10.3. The molecule has 0 aliphatic heterocycles. The second kappa shape index (κ2) is 5.49. The smallest absolute Gasteiger partial charge is 0.319 e. The number of ether oxygens (including phenoxy) is 2. The summed E-state index contributed by atoms with van der Waals surface area (Å²) in [5.41, 5.74) is 0. The molecule has 0 spiro atoms. The van der Waals surface area contributed by atoms with Crippen LogP contribution in [0.1, 0.15) is 0 Å². The number of hydrogen-bond donors (Lipinski definition) is 0. The zero-order valence-electron chi connectivity index (χ0n) is 9.15. The van der Waals surface area contributed by atoms with E-state index in [1.807, 2.05) is 0 Å². The molecule has 0 saturated heterocycles. The van der Waals surface area contributed by atoms with Gasteiger partial charge in [0.15, 0.2) is 0 Å². The molecule has 0 amide bonds. The van der Waals surface area contributed by atoms with Gasteiger partial charge in [-0.1, -0.05) is 27.5 Å². The molecule has 2 rings (SSSR count). The van der Waals surface area contributed by atoms with Crippen LogP contribution < -0.4 is 9.47 Å². The van der Waals surface area contributed by atoms with E-state index in [-0.39, 0.29) is 22.7 Å². The topological polar surface area (TPSA) is 44.2 Å². The normalized spacial score (nSPS) is 10.2. The van der Waals surface area contributed by atoms with Gasteiger partial charge in [0.1, 0.15) is 16.6 Å². The molecule has 2 aromatic rings. The van der Waals surface area contributed by atoms with Crippen LogP contribution in [-0.2, 0) is 0 Å². The fourth-order valence-electron chi connectivity index (χ4n) is 1.21. The second-order valence-corrected chi connectivity index (χ2v) is 4.54. The van der Waals surface area contributed by atoms with Crippen molar-refractivity contribution in [2.24, 2.45) is 0 Å². The molecule has 0 unspecified atom stereocenters. The summed E-state index contributed by atoms with van der Waals surface area (Å²) < 4.78 is 24.0. The fraction of sp³-hybridized carbons (Fsp3) is 0.0909. The molecule has 4 nitrogen and oxygen atoms in total. The Hall–Kier alpha value is -1.40. The number of aromatic nitrogens is 2. The fourth-order valence-corrected chi connectivity index (χ4v) is 1.78. The van der Waals surface area contributed by atoms with Gasteiger partial charge >= 0.3 is 6.01 Å². The van der Waals surface area contributed by atoms with Crippen molar-refractivity contribution >= 4 is 27.5 Å². The molecule has 18 heavy (non-hydrogen) atoms. The van der Waals surface area contributed by atoms with E-state index < -0.39 is 5.82 Å². The summed E-state index contributed by atoms with van der Waals surface area (Å²) in [4.78, 5) is 7.73. The Kier molecular flexibility index (Phi) is 3.98. The standard InChI is InChI=1S/C11H7BrClFN2O2/c1-17-11-15-5-9(13)10(16-11)18-8-3-6(12)2-7(14)4-8/h2-5H,1H3. The first-order valence-electron chi connectivity index (χ1n) is 4.79. The van der Waals surface area contributed by atoms with Gasteiger partial charge in [-0.3, -0.25) is 0 Å². The Balaban J connectivity index is 2.33. The first-order chi connectivity index (χ1) is 8.58. The molecule has 1 aromatic carbocycles. The maximum absolute atomic E-state index is 13.2. The quantitative estimate of drug-likeness (QED) is 0.856. The molecule has 0 atom stereocenters. The molecular weight excluding hydrogens is 326 g/mol. The summed E-state index contributed by atoms with van der Waals surface area (Å²) in [6.45, 7) is 0.